The number of aromatic hydroxyl groups is 1. The van der Waals surface area contributed by atoms with Gasteiger partial charge in [-0.2, -0.15) is 0 Å². The number of hydrogen-bond acceptors (Lipinski definition) is 4. The predicted octanol–water partition coefficient (Wildman–Crippen LogP) is 2.74. The van der Waals surface area contributed by atoms with Crippen LogP contribution in [0.15, 0.2) is 23.6 Å². The van der Waals surface area contributed by atoms with Gasteiger partial charge in [0.1, 0.15) is 5.75 Å². The summed E-state index contributed by atoms with van der Waals surface area (Å²) >= 11 is 7.22. The Hall–Kier alpha value is -1.59. The minimum absolute atomic E-state index is 0.130. The molecular formula is C12H11ClN2O2S. The first-order chi connectivity index (χ1) is 8.56. The zero-order chi connectivity index (χ0) is 13.1. The number of aryl methyl sites for hydroxylation is 1. The van der Waals surface area contributed by atoms with Gasteiger partial charge in [0, 0.05) is 10.4 Å². The number of rotatable bonds is 3. The van der Waals surface area contributed by atoms with Crippen LogP contribution in [0.4, 0.5) is 0 Å². The minimum Gasteiger partial charge on any atom is -0.507 e. The molecule has 0 saturated heterocycles. The van der Waals surface area contributed by atoms with Crippen molar-refractivity contribution in [2.24, 2.45) is 0 Å². The lowest BCUT2D eigenvalue weighted by molar-refractivity contribution is 0.0948. The van der Waals surface area contributed by atoms with Crippen LogP contribution >= 0.6 is 22.9 Å². The monoisotopic (exact) mass is 282 g/mol. The summed E-state index contributed by atoms with van der Waals surface area (Å²) in [6, 6.07) is 4.38. The average Bonchev–Trinajstić information content (AvgIpc) is 2.72. The van der Waals surface area contributed by atoms with Crippen LogP contribution in [0, 0.1) is 6.92 Å². The number of hydrogen-bond donors (Lipinski definition) is 2. The van der Waals surface area contributed by atoms with Crippen LogP contribution < -0.4 is 5.32 Å². The molecule has 1 aromatic heterocycles. The fourth-order valence-corrected chi connectivity index (χ4v) is 2.23. The van der Waals surface area contributed by atoms with Gasteiger partial charge in [-0.1, -0.05) is 11.6 Å². The van der Waals surface area contributed by atoms with Crippen molar-refractivity contribution >= 4 is 28.8 Å². The molecule has 2 N–H and O–H groups in total. The van der Waals surface area contributed by atoms with Crippen molar-refractivity contribution in [1.82, 2.24) is 10.3 Å². The molecule has 1 aromatic carbocycles. The minimum atomic E-state index is -0.352. The number of aromatic nitrogens is 1. The van der Waals surface area contributed by atoms with Gasteiger partial charge in [0.05, 0.1) is 22.8 Å². The van der Waals surface area contributed by atoms with Gasteiger partial charge in [-0.3, -0.25) is 4.79 Å². The Labute approximate surface area is 113 Å². The van der Waals surface area contributed by atoms with Gasteiger partial charge >= 0.3 is 0 Å². The second kappa shape index (κ2) is 5.37. The fourth-order valence-electron chi connectivity index (χ4n) is 1.45. The summed E-state index contributed by atoms with van der Waals surface area (Å²) < 4.78 is 0. The van der Waals surface area contributed by atoms with E-state index in [1.165, 1.54) is 23.5 Å². The Bertz CT molecular complexity index is 583. The van der Waals surface area contributed by atoms with Crippen molar-refractivity contribution in [3.8, 4) is 5.75 Å². The van der Waals surface area contributed by atoms with Crippen molar-refractivity contribution in [3.05, 3.63) is 44.9 Å². The highest BCUT2D eigenvalue weighted by atomic mass is 35.5. The Morgan fingerprint density at radius 2 is 2.33 bits per heavy atom. The summed E-state index contributed by atoms with van der Waals surface area (Å²) in [6.45, 7) is 2.24. The lowest BCUT2D eigenvalue weighted by Gasteiger charge is -2.05. The van der Waals surface area contributed by atoms with Gasteiger partial charge in [-0.05, 0) is 25.1 Å². The maximum absolute atomic E-state index is 11.8. The number of phenolic OH excluding ortho intramolecular Hbond substituents is 1. The van der Waals surface area contributed by atoms with Gasteiger partial charge in [-0.25, -0.2) is 4.98 Å². The topological polar surface area (TPSA) is 62.2 Å². The van der Waals surface area contributed by atoms with Crippen LogP contribution in [-0.4, -0.2) is 16.0 Å². The van der Waals surface area contributed by atoms with E-state index in [2.05, 4.69) is 10.3 Å². The number of benzene rings is 1. The van der Waals surface area contributed by atoms with Gasteiger partial charge in [0.2, 0.25) is 0 Å². The number of amides is 1. The summed E-state index contributed by atoms with van der Waals surface area (Å²) in [5, 5.41) is 15.5. The zero-order valence-corrected chi connectivity index (χ0v) is 11.2. The van der Waals surface area contributed by atoms with Crippen molar-refractivity contribution in [1.29, 1.82) is 0 Å². The Kier molecular flexibility index (Phi) is 3.84. The van der Waals surface area contributed by atoms with Crippen molar-refractivity contribution in [2.75, 3.05) is 0 Å². The highest BCUT2D eigenvalue weighted by Crippen LogP contribution is 2.21. The van der Waals surface area contributed by atoms with Crippen molar-refractivity contribution in [3.63, 3.8) is 0 Å². The molecule has 0 aliphatic heterocycles. The number of phenols is 1. The smallest absolute Gasteiger partial charge is 0.255 e. The standard InChI is InChI=1S/C12H11ClN2O2S/c1-7-15-9(6-18-7)5-14-12(17)10-3-2-8(13)4-11(10)16/h2-4,6,16H,5H2,1H3,(H,14,17). The lowest BCUT2D eigenvalue weighted by atomic mass is 10.2. The van der Waals surface area contributed by atoms with Crippen LogP contribution in [0.5, 0.6) is 5.75 Å². The van der Waals surface area contributed by atoms with E-state index in [4.69, 9.17) is 11.6 Å². The molecule has 0 saturated carbocycles. The number of carbonyl (C=O) groups is 1. The van der Waals surface area contributed by atoms with E-state index in [0.717, 1.165) is 10.7 Å². The first-order valence-electron chi connectivity index (χ1n) is 5.24. The highest BCUT2D eigenvalue weighted by molar-refractivity contribution is 7.09. The molecule has 0 aliphatic rings. The fraction of sp³-hybridized carbons (Fsp3) is 0.167. The molecule has 4 nitrogen and oxygen atoms in total. The number of nitrogens with zero attached hydrogens (tertiary/aromatic N) is 1. The van der Waals surface area contributed by atoms with Crippen molar-refractivity contribution in [2.45, 2.75) is 13.5 Å². The summed E-state index contributed by atoms with van der Waals surface area (Å²) in [4.78, 5) is 16.1. The molecular weight excluding hydrogens is 272 g/mol. The third-order valence-electron chi connectivity index (χ3n) is 2.30. The quantitative estimate of drug-likeness (QED) is 0.910. The SMILES string of the molecule is Cc1nc(CNC(=O)c2ccc(Cl)cc2O)cs1. The molecule has 2 aromatic rings. The molecule has 0 bridgehead atoms. The van der Waals surface area contributed by atoms with Crippen LogP contribution in [0.1, 0.15) is 21.1 Å². The van der Waals surface area contributed by atoms with Gasteiger partial charge in [0.15, 0.2) is 0 Å². The van der Waals surface area contributed by atoms with Crippen LogP contribution in [0.2, 0.25) is 5.02 Å². The molecule has 1 amide bonds. The van der Waals surface area contributed by atoms with Crippen molar-refractivity contribution < 1.29 is 9.90 Å². The molecule has 0 aliphatic carbocycles. The molecule has 1 heterocycles. The largest absolute Gasteiger partial charge is 0.507 e. The summed E-state index contributed by atoms with van der Waals surface area (Å²) in [5.41, 5.74) is 1.01. The number of halogens is 1. The molecule has 0 radical (unpaired) electrons. The summed E-state index contributed by atoms with van der Waals surface area (Å²) in [5.74, 6) is -0.482. The third-order valence-corrected chi connectivity index (χ3v) is 3.36. The van der Waals surface area contributed by atoms with E-state index in [9.17, 15) is 9.90 Å². The number of thiazole rings is 1. The van der Waals surface area contributed by atoms with Crippen LogP contribution in [0.25, 0.3) is 0 Å². The summed E-state index contributed by atoms with van der Waals surface area (Å²) in [6.07, 6.45) is 0. The summed E-state index contributed by atoms with van der Waals surface area (Å²) in [7, 11) is 0. The van der Waals surface area contributed by atoms with Crippen LogP contribution in [-0.2, 0) is 6.54 Å². The average molecular weight is 283 g/mol. The van der Waals surface area contributed by atoms with E-state index < -0.39 is 0 Å². The molecule has 0 spiro atoms. The van der Waals surface area contributed by atoms with Gasteiger partial charge in [-0.15, -0.1) is 11.3 Å². The zero-order valence-electron chi connectivity index (χ0n) is 9.61. The second-order valence-corrected chi connectivity index (χ2v) is 5.20. The molecule has 2 rings (SSSR count). The van der Waals surface area contributed by atoms with E-state index in [1.807, 2.05) is 12.3 Å². The van der Waals surface area contributed by atoms with E-state index >= 15 is 0 Å². The Morgan fingerprint density at radius 1 is 1.56 bits per heavy atom. The van der Waals surface area contributed by atoms with Gasteiger partial charge in [0.25, 0.3) is 5.91 Å². The molecule has 0 unspecified atom stereocenters. The maximum Gasteiger partial charge on any atom is 0.255 e. The lowest BCUT2D eigenvalue weighted by Crippen LogP contribution is -2.23. The normalized spacial score (nSPS) is 10.3. The predicted molar refractivity (Wildman–Crippen MR) is 71.1 cm³/mol. The molecule has 0 fully saturated rings. The highest BCUT2D eigenvalue weighted by Gasteiger charge is 2.11. The number of carbonyl (C=O) groups excluding carboxylic acids is 1. The second-order valence-electron chi connectivity index (χ2n) is 3.70. The van der Waals surface area contributed by atoms with E-state index in [-0.39, 0.29) is 17.2 Å². The maximum atomic E-state index is 11.8. The molecule has 94 valence electrons. The van der Waals surface area contributed by atoms with Crippen LogP contribution in [0.3, 0.4) is 0 Å². The first-order valence-corrected chi connectivity index (χ1v) is 6.50. The Balaban J connectivity index is 2.03. The third kappa shape index (κ3) is 3.00. The molecule has 0 atom stereocenters. The van der Waals surface area contributed by atoms with E-state index in [1.54, 1.807) is 6.07 Å². The first kappa shape index (κ1) is 12.9. The Morgan fingerprint density at radius 3 is 2.94 bits per heavy atom. The molecule has 6 heteroatoms. The van der Waals surface area contributed by atoms with Gasteiger partial charge < -0.3 is 10.4 Å². The number of nitrogens with one attached hydrogen (secondary N) is 1. The molecule has 18 heavy (non-hydrogen) atoms. The van der Waals surface area contributed by atoms with E-state index in [0.29, 0.717) is 11.6 Å².